The molecule has 1 rings (SSSR count). The van der Waals surface area contributed by atoms with Gasteiger partial charge < -0.3 is 4.90 Å². The molecule has 1 aliphatic heterocycles. The highest BCUT2D eigenvalue weighted by Crippen LogP contribution is 2.22. The van der Waals surface area contributed by atoms with Crippen LogP contribution in [0.1, 0.15) is 26.7 Å². The fourth-order valence-electron chi connectivity index (χ4n) is 1.63. The van der Waals surface area contributed by atoms with Crippen LogP contribution in [0.4, 0.5) is 0 Å². The van der Waals surface area contributed by atoms with Gasteiger partial charge in [-0.3, -0.25) is 4.79 Å². The smallest absolute Gasteiger partial charge is 0.245 e. The van der Waals surface area contributed by atoms with E-state index in [-0.39, 0.29) is 5.91 Å². The van der Waals surface area contributed by atoms with Gasteiger partial charge >= 0.3 is 0 Å². The number of hydrogen-bond donors (Lipinski definition) is 0. The van der Waals surface area contributed by atoms with Crippen molar-refractivity contribution in [3.63, 3.8) is 0 Å². The minimum absolute atomic E-state index is 0.0841. The van der Waals surface area contributed by atoms with E-state index in [1.165, 1.54) is 18.9 Å². The highest BCUT2D eigenvalue weighted by atomic mass is 16.2. The van der Waals surface area contributed by atoms with Crippen LogP contribution in [0.15, 0.2) is 12.7 Å². The van der Waals surface area contributed by atoms with Crippen LogP contribution in [0.3, 0.4) is 0 Å². The van der Waals surface area contributed by atoms with E-state index in [4.69, 9.17) is 0 Å². The summed E-state index contributed by atoms with van der Waals surface area (Å²) in [6.45, 7) is 9.84. The Balaban J connectivity index is 2.11. The first-order chi connectivity index (χ1) is 6.13. The van der Waals surface area contributed by atoms with Crippen LogP contribution in [0.25, 0.3) is 0 Å². The summed E-state index contributed by atoms with van der Waals surface area (Å²) in [7, 11) is 0. The first kappa shape index (κ1) is 10.3. The lowest BCUT2D eigenvalue weighted by Crippen LogP contribution is -2.49. The molecule has 1 amide bonds. The van der Waals surface area contributed by atoms with Crippen molar-refractivity contribution in [2.24, 2.45) is 11.8 Å². The average Bonchev–Trinajstić information content (AvgIpc) is 2.00. The van der Waals surface area contributed by atoms with Crippen molar-refractivity contribution in [3.05, 3.63) is 12.7 Å². The Morgan fingerprint density at radius 2 is 2.23 bits per heavy atom. The minimum atomic E-state index is 0.0841. The van der Waals surface area contributed by atoms with Crippen LogP contribution in [-0.4, -0.2) is 23.9 Å². The molecule has 0 unspecified atom stereocenters. The second kappa shape index (κ2) is 4.45. The van der Waals surface area contributed by atoms with Crippen molar-refractivity contribution in [1.82, 2.24) is 4.90 Å². The van der Waals surface area contributed by atoms with Crippen molar-refractivity contribution in [2.45, 2.75) is 26.7 Å². The van der Waals surface area contributed by atoms with E-state index < -0.39 is 0 Å². The van der Waals surface area contributed by atoms with Gasteiger partial charge in [0.25, 0.3) is 0 Å². The van der Waals surface area contributed by atoms with E-state index in [2.05, 4.69) is 20.4 Å². The molecular weight excluding hydrogens is 162 g/mol. The van der Waals surface area contributed by atoms with E-state index >= 15 is 0 Å². The molecule has 0 aromatic rings. The van der Waals surface area contributed by atoms with Crippen LogP contribution >= 0.6 is 0 Å². The van der Waals surface area contributed by atoms with Gasteiger partial charge in [-0.2, -0.15) is 0 Å². The Morgan fingerprint density at radius 3 is 2.69 bits per heavy atom. The third-order valence-corrected chi connectivity index (χ3v) is 2.60. The molecule has 1 aliphatic rings. The summed E-state index contributed by atoms with van der Waals surface area (Å²) in [6.07, 6.45) is 3.94. The molecule has 13 heavy (non-hydrogen) atoms. The maximum atomic E-state index is 11.1. The minimum Gasteiger partial charge on any atom is -0.338 e. The molecule has 1 fully saturated rings. The van der Waals surface area contributed by atoms with Gasteiger partial charge in [-0.25, -0.2) is 0 Å². The second-order valence-electron chi connectivity index (χ2n) is 4.28. The lowest BCUT2D eigenvalue weighted by atomic mass is 9.91. The quantitative estimate of drug-likeness (QED) is 0.608. The summed E-state index contributed by atoms with van der Waals surface area (Å²) in [4.78, 5) is 12.9. The Bertz CT molecular complexity index is 192. The molecule has 2 nitrogen and oxygen atoms in total. The number of hydrogen-bond acceptors (Lipinski definition) is 1. The molecule has 0 aromatic carbocycles. The standard InChI is InChI=1S/C11H19NO/c1-4-11(13)12-7-10(8-12)6-5-9(2)3/h4,9-10H,1,5-8H2,2-3H3. The third kappa shape index (κ3) is 2.87. The number of rotatable bonds is 4. The fourth-order valence-corrected chi connectivity index (χ4v) is 1.63. The third-order valence-electron chi connectivity index (χ3n) is 2.60. The summed E-state index contributed by atoms with van der Waals surface area (Å²) < 4.78 is 0. The van der Waals surface area contributed by atoms with Gasteiger partial charge in [0, 0.05) is 13.1 Å². The number of likely N-dealkylation sites (tertiary alicyclic amines) is 1. The first-order valence-electron chi connectivity index (χ1n) is 5.04. The molecule has 1 saturated heterocycles. The van der Waals surface area contributed by atoms with Crippen LogP contribution in [0.2, 0.25) is 0 Å². The van der Waals surface area contributed by atoms with Crippen molar-refractivity contribution >= 4 is 5.91 Å². The predicted molar refractivity (Wildman–Crippen MR) is 54.3 cm³/mol. The lowest BCUT2D eigenvalue weighted by molar-refractivity contribution is -0.132. The topological polar surface area (TPSA) is 20.3 Å². The zero-order valence-corrected chi connectivity index (χ0v) is 8.62. The largest absolute Gasteiger partial charge is 0.338 e. The Labute approximate surface area is 80.6 Å². The number of nitrogens with zero attached hydrogens (tertiary/aromatic N) is 1. The van der Waals surface area contributed by atoms with Crippen molar-refractivity contribution in [1.29, 1.82) is 0 Å². The van der Waals surface area contributed by atoms with E-state index in [9.17, 15) is 4.79 Å². The fraction of sp³-hybridized carbons (Fsp3) is 0.727. The van der Waals surface area contributed by atoms with Crippen molar-refractivity contribution in [2.75, 3.05) is 13.1 Å². The molecule has 0 atom stereocenters. The highest BCUT2D eigenvalue weighted by molar-refractivity contribution is 5.87. The van der Waals surface area contributed by atoms with E-state index in [1.54, 1.807) is 0 Å². The zero-order chi connectivity index (χ0) is 9.84. The molecule has 0 spiro atoms. The van der Waals surface area contributed by atoms with Gasteiger partial charge in [0.1, 0.15) is 0 Å². The monoisotopic (exact) mass is 181 g/mol. The summed E-state index contributed by atoms with van der Waals surface area (Å²) in [5.41, 5.74) is 0. The lowest BCUT2D eigenvalue weighted by Gasteiger charge is -2.39. The summed E-state index contributed by atoms with van der Waals surface area (Å²) >= 11 is 0. The number of amides is 1. The van der Waals surface area contributed by atoms with Gasteiger partial charge in [-0.15, -0.1) is 0 Å². The maximum Gasteiger partial charge on any atom is 0.245 e. The van der Waals surface area contributed by atoms with E-state index in [1.807, 2.05) is 4.90 Å². The summed E-state index contributed by atoms with van der Waals surface area (Å²) in [6, 6.07) is 0. The summed E-state index contributed by atoms with van der Waals surface area (Å²) in [5, 5.41) is 0. The van der Waals surface area contributed by atoms with Gasteiger partial charge in [0.2, 0.25) is 5.91 Å². The zero-order valence-electron chi connectivity index (χ0n) is 8.62. The Hall–Kier alpha value is -0.790. The average molecular weight is 181 g/mol. The molecular formula is C11H19NO. The van der Waals surface area contributed by atoms with E-state index in [0.717, 1.165) is 24.9 Å². The molecule has 0 N–H and O–H groups in total. The van der Waals surface area contributed by atoms with Crippen LogP contribution in [0, 0.1) is 11.8 Å². The number of carbonyl (C=O) groups is 1. The molecule has 0 bridgehead atoms. The Kier molecular flexibility index (Phi) is 3.52. The normalized spacial score (nSPS) is 17.3. The SMILES string of the molecule is C=CC(=O)N1CC(CCC(C)C)C1. The predicted octanol–water partition coefficient (Wildman–Crippen LogP) is 2.07. The van der Waals surface area contributed by atoms with Crippen molar-refractivity contribution in [3.8, 4) is 0 Å². The molecule has 0 aliphatic carbocycles. The molecule has 0 aromatic heterocycles. The Morgan fingerprint density at radius 1 is 1.62 bits per heavy atom. The molecule has 0 radical (unpaired) electrons. The van der Waals surface area contributed by atoms with Crippen LogP contribution < -0.4 is 0 Å². The molecule has 0 saturated carbocycles. The highest BCUT2D eigenvalue weighted by Gasteiger charge is 2.28. The maximum absolute atomic E-state index is 11.1. The van der Waals surface area contributed by atoms with Gasteiger partial charge in [0.05, 0.1) is 0 Å². The van der Waals surface area contributed by atoms with Gasteiger partial charge in [-0.05, 0) is 24.3 Å². The van der Waals surface area contributed by atoms with Crippen molar-refractivity contribution < 1.29 is 4.79 Å². The molecule has 2 heteroatoms. The first-order valence-corrected chi connectivity index (χ1v) is 5.04. The second-order valence-corrected chi connectivity index (χ2v) is 4.28. The number of carbonyl (C=O) groups excluding carboxylic acids is 1. The molecule has 1 heterocycles. The summed E-state index contributed by atoms with van der Waals surface area (Å²) in [5.74, 6) is 1.61. The van der Waals surface area contributed by atoms with Crippen LogP contribution in [-0.2, 0) is 4.79 Å². The van der Waals surface area contributed by atoms with Gasteiger partial charge in [-0.1, -0.05) is 26.8 Å². The van der Waals surface area contributed by atoms with E-state index in [0.29, 0.717) is 0 Å². The van der Waals surface area contributed by atoms with Crippen LogP contribution in [0.5, 0.6) is 0 Å². The van der Waals surface area contributed by atoms with Gasteiger partial charge in [0.15, 0.2) is 0 Å². The molecule has 74 valence electrons.